The van der Waals surface area contributed by atoms with E-state index in [0.29, 0.717) is 36.9 Å². The molecule has 0 spiro atoms. The predicted molar refractivity (Wildman–Crippen MR) is 98.4 cm³/mol. The van der Waals surface area contributed by atoms with Crippen LogP contribution in [0.4, 0.5) is 0 Å². The van der Waals surface area contributed by atoms with Crippen LogP contribution in [-0.2, 0) is 4.79 Å². The molecule has 6 heteroatoms. The van der Waals surface area contributed by atoms with Gasteiger partial charge in [-0.2, -0.15) is 0 Å². The molecule has 1 atom stereocenters. The maximum absolute atomic E-state index is 12.4. The van der Waals surface area contributed by atoms with Gasteiger partial charge in [-0.25, -0.2) is 0 Å². The Morgan fingerprint density at radius 2 is 1.67 bits per heavy atom. The van der Waals surface area contributed by atoms with Crippen LogP contribution in [-0.4, -0.2) is 31.5 Å². The van der Waals surface area contributed by atoms with Crippen molar-refractivity contribution < 1.29 is 23.8 Å². The number of amides is 1. The predicted octanol–water partition coefficient (Wildman–Crippen LogP) is 3.06. The fourth-order valence-electron chi connectivity index (χ4n) is 3.35. The van der Waals surface area contributed by atoms with E-state index in [2.05, 4.69) is 5.32 Å². The molecule has 2 aromatic rings. The smallest absolute Gasteiger partial charge is 0.220 e. The first-order valence-corrected chi connectivity index (χ1v) is 9.14. The van der Waals surface area contributed by atoms with Gasteiger partial charge in [0.25, 0.3) is 0 Å². The Morgan fingerprint density at radius 1 is 0.889 bits per heavy atom. The molecule has 0 saturated heterocycles. The van der Waals surface area contributed by atoms with Gasteiger partial charge in [-0.05, 0) is 24.3 Å². The molecule has 2 aliphatic rings. The largest absolute Gasteiger partial charge is 0.493 e. The summed E-state index contributed by atoms with van der Waals surface area (Å²) >= 11 is 0. The number of nitrogens with one attached hydrogen (secondary N) is 1. The molecule has 0 fully saturated rings. The summed E-state index contributed by atoms with van der Waals surface area (Å²) in [5, 5.41) is 3.02. The van der Waals surface area contributed by atoms with E-state index in [1.54, 1.807) is 18.2 Å². The number of carbonyl (C=O) groups is 2. The van der Waals surface area contributed by atoms with Crippen molar-refractivity contribution in [3.63, 3.8) is 0 Å². The average molecular weight is 367 g/mol. The molecule has 0 saturated carbocycles. The van der Waals surface area contributed by atoms with Crippen molar-refractivity contribution in [2.24, 2.45) is 0 Å². The zero-order chi connectivity index (χ0) is 18.6. The third-order valence-corrected chi connectivity index (χ3v) is 4.74. The summed E-state index contributed by atoms with van der Waals surface area (Å²) < 4.78 is 16.6. The molecule has 0 aromatic heterocycles. The highest BCUT2D eigenvalue weighted by atomic mass is 16.6. The highest BCUT2D eigenvalue weighted by Gasteiger charge is 2.23. The van der Waals surface area contributed by atoms with Gasteiger partial charge in [-0.1, -0.05) is 18.2 Å². The van der Waals surface area contributed by atoms with Crippen molar-refractivity contribution in [1.29, 1.82) is 0 Å². The lowest BCUT2D eigenvalue weighted by Gasteiger charge is -2.26. The monoisotopic (exact) mass is 367 g/mol. The van der Waals surface area contributed by atoms with Crippen LogP contribution in [0.2, 0.25) is 0 Å². The molecule has 0 aliphatic carbocycles. The molecular weight excluding hydrogens is 346 g/mol. The minimum absolute atomic E-state index is 0.0770. The third kappa shape index (κ3) is 3.89. The fourth-order valence-corrected chi connectivity index (χ4v) is 3.35. The molecule has 2 aromatic carbocycles. The van der Waals surface area contributed by atoms with Crippen LogP contribution < -0.4 is 19.5 Å². The number of benzene rings is 2. The molecule has 1 N–H and O–H groups in total. The first kappa shape index (κ1) is 17.4. The van der Waals surface area contributed by atoms with Gasteiger partial charge < -0.3 is 19.5 Å². The Morgan fingerprint density at radius 3 is 2.56 bits per heavy atom. The molecule has 140 valence electrons. The van der Waals surface area contributed by atoms with E-state index in [1.807, 2.05) is 24.3 Å². The van der Waals surface area contributed by atoms with Crippen LogP contribution in [0.15, 0.2) is 42.5 Å². The Hall–Kier alpha value is -3.02. The van der Waals surface area contributed by atoms with Crippen LogP contribution in [0.5, 0.6) is 17.2 Å². The Kier molecular flexibility index (Phi) is 4.96. The van der Waals surface area contributed by atoms with E-state index in [0.717, 1.165) is 17.7 Å². The summed E-state index contributed by atoms with van der Waals surface area (Å²) in [6, 6.07) is 12.8. The van der Waals surface area contributed by atoms with Crippen LogP contribution in [0.3, 0.4) is 0 Å². The summed E-state index contributed by atoms with van der Waals surface area (Å²) in [7, 11) is 0. The van der Waals surface area contributed by atoms with Crippen molar-refractivity contribution in [1.82, 2.24) is 5.32 Å². The number of fused-ring (bicyclic) bond motifs is 2. The van der Waals surface area contributed by atoms with E-state index in [4.69, 9.17) is 14.2 Å². The molecule has 0 radical (unpaired) electrons. The summed E-state index contributed by atoms with van der Waals surface area (Å²) in [6.45, 7) is 1.55. The van der Waals surface area contributed by atoms with Gasteiger partial charge in [0.05, 0.1) is 12.6 Å². The summed E-state index contributed by atoms with van der Waals surface area (Å²) in [5.74, 6) is 1.81. The maximum atomic E-state index is 12.4. The van der Waals surface area contributed by atoms with Gasteiger partial charge in [0.1, 0.15) is 19.0 Å². The summed E-state index contributed by atoms with van der Waals surface area (Å²) in [5.41, 5.74) is 1.51. The number of hydrogen-bond donors (Lipinski definition) is 1. The van der Waals surface area contributed by atoms with Gasteiger partial charge in [0.2, 0.25) is 5.91 Å². The standard InChI is InChI=1S/C21H21NO5/c23-17(14-5-7-19-20(13-14)27-12-11-26-19)6-8-21(24)22-16-9-10-25-18-4-2-1-3-15(16)18/h1-5,7,13,16H,6,8-12H2,(H,22,24)/t16-/m0/s1. The highest BCUT2D eigenvalue weighted by Crippen LogP contribution is 2.32. The normalized spacial score (nSPS) is 17.4. The molecular formula is C21H21NO5. The fraction of sp³-hybridized carbons (Fsp3) is 0.333. The van der Waals surface area contributed by atoms with Crippen LogP contribution >= 0.6 is 0 Å². The van der Waals surface area contributed by atoms with Crippen molar-refractivity contribution in [3.05, 3.63) is 53.6 Å². The second kappa shape index (κ2) is 7.70. The van der Waals surface area contributed by atoms with Crippen molar-refractivity contribution in [2.75, 3.05) is 19.8 Å². The van der Waals surface area contributed by atoms with Crippen molar-refractivity contribution in [2.45, 2.75) is 25.3 Å². The summed E-state index contributed by atoms with van der Waals surface area (Å²) in [4.78, 5) is 24.8. The number of rotatable bonds is 5. The Balaban J connectivity index is 1.34. The number of carbonyl (C=O) groups excluding carboxylic acids is 2. The van der Waals surface area contributed by atoms with E-state index in [-0.39, 0.29) is 30.6 Å². The number of Topliss-reactive ketones (excluding diaryl/α,β-unsaturated/α-hetero) is 1. The highest BCUT2D eigenvalue weighted by molar-refractivity contribution is 5.98. The number of ketones is 1. The van der Waals surface area contributed by atoms with Crippen molar-refractivity contribution >= 4 is 11.7 Å². The molecule has 2 heterocycles. The lowest BCUT2D eigenvalue weighted by Crippen LogP contribution is -2.32. The molecule has 4 rings (SSSR count). The zero-order valence-corrected chi connectivity index (χ0v) is 14.9. The topological polar surface area (TPSA) is 73.9 Å². The van der Waals surface area contributed by atoms with E-state index >= 15 is 0 Å². The average Bonchev–Trinajstić information content (AvgIpc) is 2.72. The van der Waals surface area contributed by atoms with E-state index in [1.165, 1.54) is 0 Å². The molecule has 27 heavy (non-hydrogen) atoms. The van der Waals surface area contributed by atoms with Crippen LogP contribution in [0, 0.1) is 0 Å². The number of hydrogen-bond acceptors (Lipinski definition) is 5. The molecule has 2 aliphatic heterocycles. The second-order valence-corrected chi connectivity index (χ2v) is 6.58. The Labute approximate surface area is 157 Å². The van der Waals surface area contributed by atoms with Gasteiger partial charge in [0, 0.05) is 30.4 Å². The maximum Gasteiger partial charge on any atom is 0.220 e. The van der Waals surface area contributed by atoms with Gasteiger partial charge in [0.15, 0.2) is 17.3 Å². The molecule has 1 amide bonds. The minimum atomic E-state index is -0.136. The number of para-hydroxylation sites is 1. The molecule has 0 bridgehead atoms. The number of ether oxygens (including phenoxy) is 3. The van der Waals surface area contributed by atoms with E-state index < -0.39 is 0 Å². The SMILES string of the molecule is O=C(CCC(=O)c1ccc2c(c1)OCCO2)N[C@H]1CCOc2ccccc21. The summed E-state index contributed by atoms with van der Waals surface area (Å²) in [6.07, 6.45) is 1.02. The lowest BCUT2D eigenvalue weighted by atomic mass is 10.00. The lowest BCUT2D eigenvalue weighted by molar-refractivity contribution is -0.122. The first-order chi connectivity index (χ1) is 13.2. The van der Waals surface area contributed by atoms with Crippen molar-refractivity contribution in [3.8, 4) is 17.2 Å². The van der Waals surface area contributed by atoms with Crippen LogP contribution in [0.25, 0.3) is 0 Å². The van der Waals surface area contributed by atoms with Gasteiger partial charge in [-0.15, -0.1) is 0 Å². The Bertz CT molecular complexity index is 863. The zero-order valence-electron chi connectivity index (χ0n) is 14.9. The second-order valence-electron chi connectivity index (χ2n) is 6.58. The molecule has 6 nitrogen and oxygen atoms in total. The quantitative estimate of drug-likeness (QED) is 0.822. The van der Waals surface area contributed by atoms with E-state index in [9.17, 15) is 9.59 Å². The van der Waals surface area contributed by atoms with Gasteiger partial charge >= 0.3 is 0 Å². The minimum Gasteiger partial charge on any atom is -0.493 e. The third-order valence-electron chi connectivity index (χ3n) is 4.74. The molecule has 0 unspecified atom stereocenters. The first-order valence-electron chi connectivity index (χ1n) is 9.14. The van der Waals surface area contributed by atoms with Crippen LogP contribution in [0.1, 0.15) is 41.2 Å². The van der Waals surface area contributed by atoms with Gasteiger partial charge in [-0.3, -0.25) is 9.59 Å².